The molecule has 0 fully saturated rings. The molecular formula is C10H10N2O3S. The van der Waals surface area contributed by atoms with E-state index in [4.69, 9.17) is 0 Å². The highest BCUT2D eigenvalue weighted by Gasteiger charge is 2.07. The molecule has 0 aliphatic rings. The maximum Gasteiger partial charge on any atom is 0.320 e. The summed E-state index contributed by atoms with van der Waals surface area (Å²) in [5.41, 5.74) is 2.43. The van der Waals surface area contributed by atoms with Crippen LogP contribution in [0.5, 0.6) is 0 Å². The maximum absolute atomic E-state index is 11.6. The average Bonchev–Trinajstić information content (AvgIpc) is 2.72. The van der Waals surface area contributed by atoms with Crippen LogP contribution in [-0.4, -0.2) is 11.0 Å². The number of thiophene rings is 1. The number of pyridine rings is 1. The third-order valence-electron chi connectivity index (χ3n) is 2.19. The van der Waals surface area contributed by atoms with Crippen molar-refractivity contribution in [1.82, 2.24) is 4.57 Å². The van der Waals surface area contributed by atoms with Gasteiger partial charge in [0.1, 0.15) is 9.83 Å². The first-order valence-electron chi connectivity index (χ1n) is 4.74. The van der Waals surface area contributed by atoms with E-state index in [9.17, 15) is 9.59 Å². The van der Waals surface area contributed by atoms with Crippen LogP contribution in [0.4, 0.5) is 5.00 Å². The van der Waals surface area contributed by atoms with Gasteiger partial charge in [0.2, 0.25) is 0 Å². The van der Waals surface area contributed by atoms with Gasteiger partial charge in [-0.15, -0.1) is 0 Å². The Morgan fingerprint density at radius 3 is 3.12 bits per heavy atom. The molecule has 0 radical (unpaired) electrons. The molecule has 5 nitrogen and oxygen atoms in total. The smallest absolute Gasteiger partial charge is 0.320 e. The molecule has 6 heteroatoms. The number of fused-ring (bicyclic) bond motifs is 1. The van der Waals surface area contributed by atoms with Gasteiger partial charge in [-0.1, -0.05) is 11.3 Å². The summed E-state index contributed by atoms with van der Waals surface area (Å²) in [7, 11) is 0. The lowest BCUT2D eigenvalue weighted by atomic mass is 10.3. The predicted molar refractivity (Wildman–Crippen MR) is 62.5 cm³/mol. The minimum Gasteiger partial charge on any atom is -0.346 e. The standard InChI is InChI=1S/C10H10N2O3S/c1-2-12-4-3-8(14)7-5-9(11-15-6-13)16-10(7)12/h3-6,11H,2H2,1H3. The van der Waals surface area contributed by atoms with Crippen molar-refractivity contribution in [3.05, 3.63) is 28.6 Å². The molecule has 2 aromatic rings. The van der Waals surface area contributed by atoms with Crippen molar-refractivity contribution in [3.63, 3.8) is 0 Å². The van der Waals surface area contributed by atoms with Crippen LogP contribution in [0.1, 0.15) is 6.92 Å². The first-order chi connectivity index (χ1) is 7.76. The van der Waals surface area contributed by atoms with Crippen LogP contribution in [0.25, 0.3) is 10.2 Å². The Labute approximate surface area is 95.2 Å². The van der Waals surface area contributed by atoms with Gasteiger partial charge >= 0.3 is 6.47 Å². The van der Waals surface area contributed by atoms with Crippen LogP contribution in [0.2, 0.25) is 0 Å². The Bertz CT molecular complexity index is 573. The molecule has 2 heterocycles. The molecule has 0 aliphatic heterocycles. The number of aryl methyl sites for hydroxylation is 1. The molecular weight excluding hydrogens is 228 g/mol. The summed E-state index contributed by atoms with van der Waals surface area (Å²) >= 11 is 1.37. The minimum atomic E-state index is -0.0323. The van der Waals surface area contributed by atoms with Gasteiger partial charge in [0.15, 0.2) is 5.43 Å². The van der Waals surface area contributed by atoms with E-state index in [2.05, 4.69) is 10.3 Å². The monoisotopic (exact) mass is 238 g/mol. The lowest BCUT2D eigenvalue weighted by Crippen LogP contribution is -2.04. The van der Waals surface area contributed by atoms with Crippen molar-refractivity contribution in [2.45, 2.75) is 13.5 Å². The summed E-state index contributed by atoms with van der Waals surface area (Å²) in [6.07, 6.45) is 1.76. The zero-order chi connectivity index (χ0) is 11.5. The van der Waals surface area contributed by atoms with Gasteiger partial charge < -0.3 is 9.40 Å². The van der Waals surface area contributed by atoms with Gasteiger partial charge in [0.05, 0.1) is 5.39 Å². The number of carbonyl (C=O) groups excluding carboxylic acids is 1. The molecule has 0 atom stereocenters. The molecule has 0 aliphatic carbocycles. The second kappa shape index (κ2) is 4.36. The van der Waals surface area contributed by atoms with E-state index in [1.165, 1.54) is 17.4 Å². The Hall–Kier alpha value is -1.82. The van der Waals surface area contributed by atoms with Crippen molar-refractivity contribution >= 4 is 33.0 Å². The van der Waals surface area contributed by atoms with Crippen LogP contribution in [0.15, 0.2) is 23.1 Å². The Morgan fingerprint density at radius 1 is 1.62 bits per heavy atom. The molecule has 2 aromatic heterocycles. The molecule has 0 amide bonds. The number of carbonyl (C=O) groups is 1. The number of nitrogens with zero attached hydrogens (tertiary/aromatic N) is 1. The van der Waals surface area contributed by atoms with Crippen molar-refractivity contribution in [1.29, 1.82) is 0 Å². The largest absolute Gasteiger partial charge is 0.346 e. The second-order valence-electron chi connectivity index (χ2n) is 3.11. The highest BCUT2D eigenvalue weighted by molar-refractivity contribution is 7.22. The van der Waals surface area contributed by atoms with Crippen LogP contribution < -0.4 is 10.9 Å². The van der Waals surface area contributed by atoms with Crippen LogP contribution in [0, 0.1) is 0 Å². The number of aromatic nitrogens is 1. The number of hydrogen-bond donors (Lipinski definition) is 1. The predicted octanol–water partition coefficient (Wildman–Crippen LogP) is 1.58. The van der Waals surface area contributed by atoms with Crippen molar-refractivity contribution in [2.75, 3.05) is 5.48 Å². The van der Waals surface area contributed by atoms with E-state index in [0.717, 1.165) is 11.4 Å². The van der Waals surface area contributed by atoms with E-state index in [0.29, 0.717) is 16.9 Å². The molecule has 2 rings (SSSR count). The summed E-state index contributed by atoms with van der Waals surface area (Å²) in [4.78, 5) is 26.9. The Balaban J connectivity index is 2.54. The van der Waals surface area contributed by atoms with Gasteiger partial charge in [0.25, 0.3) is 0 Å². The minimum absolute atomic E-state index is 0.0323. The zero-order valence-corrected chi connectivity index (χ0v) is 9.41. The molecule has 84 valence electrons. The molecule has 0 unspecified atom stereocenters. The summed E-state index contributed by atoms with van der Waals surface area (Å²) in [6.45, 7) is 3.08. The second-order valence-corrected chi connectivity index (χ2v) is 4.14. The molecule has 0 spiro atoms. The third kappa shape index (κ3) is 1.79. The molecule has 0 saturated carbocycles. The number of anilines is 1. The summed E-state index contributed by atoms with van der Waals surface area (Å²) in [6, 6.07) is 3.21. The van der Waals surface area contributed by atoms with Crippen LogP contribution in [-0.2, 0) is 16.2 Å². The Kier molecular flexibility index (Phi) is 2.91. The van der Waals surface area contributed by atoms with Crippen molar-refractivity contribution < 1.29 is 9.63 Å². The quantitative estimate of drug-likeness (QED) is 0.649. The SMILES string of the molecule is CCn1ccc(=O)c2cc(NOC=O)sc21. The third-order valence-corrected chi connectivity index (χ3v) is 3.26. The molecule has 1 N–H and O–H groups in total. The van der Waals surface area contributed by atoms with Gasteiger partial charge in [-0.05, 0) is 13.0 Å². The van der Waals surface area contributed by atoms with Gasteiger partial charge in [-0.25, -0.2) is 5.48 Å². The fourth-order valence-electron chi connectivity index (χ4n) is 1.47. The van der Waals surface area contributed by atoms with Crippen LogP contribution in [0.3, 0.4) is 0 Å². The van der Waals surface area contributed by atoms with Gasteiger partial charge in [0, 0.05) is 18.8 Å². The van der Waals surface area contributed by atoms with Gasteiger partial charge in [-0.2, -0.15) is 0 Å². The Morgan fingerprint density at radius 2 is 2.44 bits per heavy atom. The van der Waals surface area contributed by atoms with E-state index in [1.807, 2.05) is 11.5 Å². The first-order valence-corrected chi connectivity index (χ1v) is 5.56. The fourth-order valence-corrected chi connectivity index (χ4v) is 2.52. The molecule has 0 saturated heterocycles. The number of rotatable bonds is 4. The van der Waals surface area contributed by atoms with Gasteiger partial charge in [-0.3, -0.25) is 9.59 Å². The van der Waals surface area contributed by atoms with E-state index >= 15 is 0 Å². The van der Waals surface area contributed by atoms with E-state index in [1.54, 1.807) is 12.3 Å². The molecule has 0 aromatic carbocycles. The summed E-state index contributed by atoms with van der Waals surface area (Å²) in [5.74, 6) is 0. The van der Waals surface area contributed by atoms with E-state index < -0.39 is 0 Å². The summed E-state index contributed by atoms with van der Waals surface area (Å²) < 4.78 is 1.97. The lowest BCUT2D eigenvalue weighted by Gasteiger charge is -2.02. The number of hydrogen-bond acceptors (Lipinski definition) is 5. The van der Waals surface area contributed by atoms with Crippen LogP contribution >= 0.6 is 11.3 Å². The van der Waals surface area contributed by atoms with Crippen molar-refractivity contribution in [2.24, 2.45) is 0 Å². The topological polar surface area (TPSA) is 60.3 Å². The first kappa shape index (κ1) is 10.7. The highest BCUT2D eigenvalue weighted by atomic mass is 32.1. The zero-order valence-electron chi connectivity index (χ0n) is 8.60. The molecule has 0 bridgehead atoms. The summed E-state index contributed by atoms with van der Waals surface area (Å²) in [5, 5.41) is 1.26. The fraction of sp³-hybridized carbons (Fsp3) is 0.200. The van der Waals surface area contributed by atoms with Crippen molar-refractivity contribution in [3.8, 4) is 0 Å². The average molecular weight is 238 g/mol. The molecule has 16 heavy (non-hydrogen) atoms. The normalized spacial score (nSPS) is 10.3. The number of nitrogens with one attached hydrogen (secondary N) is 1. The van der Waals surface area contributed by atoms with E-state index in [-0.39, 0.29) is 5.43 Å². The highest BCUT2D eigenvalue weighted by Crippen LogP contribution is 2.27. The lowest BCUT2D eigenvalue weighted by molar-refractivity contribution is -0.126. The maximum atomic E-state index is 11.6.